The molecule has 122 valence electrons. The van der Waals surface area contributed by atoms with E-state index in [0.29, 0.717) is 13.2 Å². The quantitative estimate of drug-likeness (QED) is 0.510. The van der Waals surface area contributed by atoms with Gasteiger partial charge in [0.15, 0.2) is 0 Å². The summed E-state index contributed by atoms with van der Waals surface area (Å²) in [6, 6.07) is 7.75. The van der Waals surface area contributed by atoms with E-state index >= 15 is 0 Å². The summed E-state index contributed by atoms with van der Waals surface area (Å²) in [5.41, 5.74) is 5.76. The van der Waals surface area contributed by atoms with Crippen molar-refractivity contribution in [1.82, 2.24) is 0 Å². The number of hydrogen-bond donors (Lipinski definition) is 0. The number of carbonyl (C=O) groups excluding carboxylic acids is 2. The molecule has 2 aromatic rings. The molecule has 0 aromatic heterocycles. The molecule has 0 aliphatic carbocycles. The highest BCUT2D eigenvalue weighted by atomic mass is 79.9. The summed E-state index contributed by atoms with van der Waals surface area (Å²) >= 11 is 6.71. The standard InChI is InChI=1S/C18H12Br2O4/c19-13(5-21)9-1-11-7-23-16-4-10(14(20)6-22)2-12-8-24-15(3-9)17(11)18(12)16/h1-6,13-14H,7-8H2/t13-,14?/m0/s1. The van der Waals surface area contributed by atoms with Gasteiger partial charge in [0.1, 0.15) is 37.3 Å². The molecule has 2 aliphatic heterocycles. The summed E-state index contributed by atoms with van der Waals surface area (Å²) < 4.78 is 11.9. The molecule has 0 fully saturated rings. The van der Waals surface area contributed by atoms with Gasteiger partial charge >= 0.3 is 0 Å². The average molecular weight is 452 g/mol. The van der Waals surface area contributed by atoms with Crippen LogP contribution in [0.3, 0.4) is 0 Å². The third-order valence-electron chi connectivity index (χ3n) is 4.30. The largest absolute Gasteiger partial charge is 0.488 e. The van der Waals surface area contributed by atoms with Crippen molar-refractivity contribution in [2.75, 3.05) is 0 Å². The minimum Gasteiger partial charge on any atom is -0.488 e. The Balaban J connectivity index is 1.91. The van der Waals surface area contributed by atoms with Crippen molar-refractivity contribution in [2.24, 2.45) is 0 Å². The zero-order valence-corrected chi connectivity index (χ0v) is 15.6. The molecule has 0 saturated heterocycles. The zero-order chi connectivity index (χ0) is 16.8. The molecule has 0 amide bonds. The van der Waals surface area contributed by atoms with E-state index in [1.54, 1.807) is 0 Å². The van der Waals surface area contributed by atoms with Crippen LogP contribution in [0.25, 0.3) is 11.1 Å². The highest BCUT2D eigenvalue weighted by Crippen LogP contribution is 2.50. The molecule has 6 heteroatoms. The van der Waals surface area contributed by atoms with Crippen LogP contribution in [0.1, 0.15) is 31.9 Å². The predicted molar refractivity (Wildman–Crippen MR) is 96.0 cm³/mol. The average Bonchev–Trinajstić information content (AvgIpc) is 2.63. The molecule has 4 nitrogen and oxygen atoms in total. The smallest absolute Gasteiger partial charge is 0.138 e. The van der Waals surface area contributed by atoms with Gasteiger partial charge in [-0.2, -0.15) is 0 Å². The monoisotopic (exact) mass is 450 g/mol. The van der Waals surface area contributed by atoms with Crippen LogP contribution in [0.5, 0.6) is 11.5 Å². The summed E-state index contributed by atoms with van der Waals surface area (Å²) in [5.74, 6) is 1.54. The van der Waals surface area contributed by atoms with E-state index in [1.807, 2.05) is 24.3 Å². The second kappa shape index (κ2) is 6.01. The van der Waals surface area contributed by atoms with E-state index < -0.39 is 0 Å². The van der Waals surface area contributed by atoms with E-state index in [-0.39, 0.29) is 9.65 Å². The Kier molecular flexibility index (Phi) is 3.96. The normalized spacial score (nSPS) is 16.2. The Morgan fingerprint density at radius 3 is 1.58 bits per heavy atom. The molecule has 0 N–H and O–H groups in total. The summed E-state index contributed by atoms with van der Waals surface area (Å²) in [6.45, 7) is 0.810. The van der Waals surface area contributed by atoms with Crippen LogP contribution in [-0.2, 0) is 22.8 Å². The van der Waals surface area contributed by atoms with Gasteiger partial charge in [0.05, 0.1) is 9.65 Å². The molecule has 2 heterocycles. The molecule has 2 atom stereocenters. The third kappa shape index (κ3) is 2.40. The lowest BCUT2D eigenvalue weighted by atomic mass is 9.87. The molecule has 2 aromatic carbocycles. The van der Waals surface area contributed by atoms with E-state index in [4.69, 9.17) is 9.47 Å². The van der Waals surface area contributed by atoms with Crippen molar-refractivity contribution in [1.29, 1.82) is 0 Å². The first-order valence-corrected chi connectivity index (χ1v) is 9.24. The first-order chi connectivity index (χ1) is 11.6. The summed E-state index contributed by atoms with van der Waals surface area (Å²) in [7, 11) is 0. The molecule has 0 radical (unpaired) electrons. The molecule has 4 rings (SSSR count). The first-order valence-electron chi connectivity index (χ1n) is 7.40. The van der Waals surface area contributed by atoms with Gasteiger partial charge in [-0.05, 0) is 35.4 Å². The maximum Gasteiger partial charge on any atom is 0.138 e. The maximum atomic E-state index is 11.1. The molecule has 0 spiro atoms. The van der Waals surface area contributed by atoms with Crippen molar-refractivity contribution >= 4 is 44.4 Å². The second-order valence-corrected chi connectivity index (χ2v) is 7.73. The molecule has 24 heavy (non-hydrogen) atoms. The number of halogens is 2. The van der Waals surface area contributed by atoms with Gasteiger partial charge in [-0.3, -0.25) is 0 Å². The maximum absolute atomic E-state index is 11.1. The van der Waals surface area contributed by atoms with Crippen molar-refractivity contribution in [3.63, 3.8) is 0 Å². The lowest BCUT2D eigenvalue weighted by Crippen LogP contribution is -2.16. The fourth-order valence-electron chi connectivity index (χ4n) is 3.20. The topological polar surface area (TPSA) is 52.6 Å². The van der Waals surface area contributed by atoms with Gasteiger partial charge in [-0.25, -0.2) is 0 Å². The number of carbonyl (C=O) groups is 2. The number of hydrogen-bond acceptors (Lipinski definition) is 4. The van der Waals surface area contributed by atoms with Crippen molar-refractivity contribution in [3.8, 4) is 22.6 Å². The van der Waals surface area contributed by atoms with Gasteiger partial charge < -0.3 is 19.1 Å². The van der Waals surface area contributed by atoms with E-state index in [9.17, 15) is 9.59 Å². The van der Waals surface area contributed by atoms with E-state index in [0.717, 1.165) is 57.5 Å². The highest BCUT2D eigenvalue weighted by Gasteiger charge is 2.30. The molecular formula is C18H12Br2O4. The van der Waals surface area contributed by atoms with Crippen LogP contribution < -0.4 is 9.47 Å². The first kappa shape index (κ1) is 15.8. The van der Waals surface area contributed by atoms with E-state index in [2.05, 4.69) is 31.9 Å². The Labute approximate surface area is 155 Å². The third-order valence-corrected chi connectivity index (χ3v) is 5.79. The lowest BCUT2D eigenvalue weighted by Gasteiger charge is -2.31. The zero-order valence-electron chi connectivity index (χ0n) is 12.4. The van der Waals surface area contributed by atoms with Gasteiger partial charge in [0, 0.05) is 22.3 Å². The Bertz CT molecular complexity index is 741. The minimum absolute atomic E-state index is 0.366. The minimum atomic E-state index is -0.366. The number of benzene rings is 2. The SMILES string of the molecule is O=CC(Br)c1cc2c3c(c1)OCc1cc([C@@H](Br)C=O)cc(c1-3)OC2. The molecule has 1 unspecified atom stereocenters. The van der Waals surface area contributed by atoms with Gasteiger partial charge in [-0.15, -0.1) is 0 Å². The van der Waals surface area contributed by atoms with Gasteiger partial charge in [0.2, 0.25) is 0 Å². The lowest BCUT2D eigenvalue weighted by molar-refractivity contribution is -0.108. The number of aldehydes is 2. The summed E-state index contributed by atoms with van der Waals surface area (Å²) in [5, 5.41) is 0. The Morgan fingerprint density at radius 1 is 0.792 bits per heavy atom. The van der Waals surface area contributed by atoms with Crippen LogP contribution in [0, 0.1) is 0 Å². The Morgan fingerprint density at radius 2 is 1.21 bits per heavy atom. The second-order valence-electron chi connectivity index (χ2n) is 5.76. The molecular weight excluding hydrogens is 440 g/mol. The molecule has 0 saturated carbocycles. The van der Waals surface area contributed by atoms with Crippen LogP contribution >= 0.6 is 31.9 Å². The number of alkyl halides is 2. The summed E-state index contributed by atoms with van der Waals surface area (Å²) in [4.78, 5) is 21.4. The van der Waals surface area contributed by atoms with Gasteiger partial charge in [-0.1, -0.05) is 31.9 Å². The van der Waals surface area contributed by atoms with Crippen molar-refractivity contribution in [2.45, 2.75) is 22.9 Å². The number of ether oxygens (including phenoxy) is 2. The predicted octanol–water partition coefficient (Wildman–Crippen LogP) is 4.41. The fraction of sp³-hybridized carbons (Fsp3) is 0.222. The van der Waals surface area contributed by atoms with Crippen molar-refractivity contribution in [3.05, 3.63) is 46.5 Å². The van der Waals surface area contributed by atoms with Crippen LogP contribution in [0.15, 0.2) is 24.3 Å². The number of rotatable bonds is 4. The van der Waals surface area contributed by atoms with Crippen molar-refractivity contribution < 1.29 is 19.1 Å². The molecule has 0 bridgehead atoms. The fourth-order valence-corrected chi connectivity index (χ4v) is 3.73. The van der Waals surface area contributed by atoms with Crippen LogP contribution in [0.2, 0.25) is 0 Å². The Hall–Kier alpha value is -1.66. The summed E-state index contributed by atoms with van der Waals surface area (Å²) in [6.07, 6.45) is 1.70. The highest BCUT2D eigenvalue weighted by molar-refractivity contribution is 9.09. The molecule has 2 aliphatic rings. The van der Waals surface area contributed by atoms with Crippen LogP contribution in [0.4, 0.5) is 0 Å². The van der Waals surface area contributed by atoms with Gasteiger partial charge in [0.25, 0.3) is 0 Å². The van der Waals surface area contributed by atoms with Crippen LogP contribution in [-0.4, -0.2) is 12.6 Å². The van der Waals surface area contributed by atoms with E-state index in [1.165, 1.54) is 0 Å².